The van der Waals surface area contributed by atoms with Crippen LogP contribution in [0.25, 0.3) is 5.69 Å². The van der Waals surface area contributed by atoms with Crippen LogP contribution in [0.4, 0.5) is 17.6 Å². The van der Waals surface area contributed by atoms with Gasteiger partial charge in [-0.3, -0.25) is 0 Å². The van der Waals surface area contributed by atoms with Crippen LogP contribution in [0.3, 0.4) is 0 Å². The molecule has 0 N–H and O–H groups in total. The van der Waals surface area contributed by atoms with E-state index in [1.165, 1.54) is 12.1 Å². The molecule has 0 fully saturated rings. The van der Waals surface area contributed by atoms with Gasteiger partial charge in [0.05, 0.1) is 11.9 Å². The lowest BCUT2D eigenvalue weighted by Gasteiger charge is -2.09. The average molecular weight is 230 g/mol. The fourth-order valence-corrected chi connectivity index (χ4v) is 1.31. The second-order valence-corrected chi connectivity index (χ2v) is 3.10. The van der Waals surface area contributed by atoms with Crippen molar-refractivity contribution in [1.82, 2.24) is 9.78 Å². The maximum absolute atomic E-state index is 12.6. The quantitative estimate of drug-likeness (QED) is 0.688. The van der Waals surface area contributed by atoms with Gasteiger partial charge in [0.25, 0.3) is 0 Å². The van der Waals surface area contributed by atoms with Crippen molar-refractivity contribution in [2.24, 2.45) is 0 Å². The number of hydrogen-bond donors (Lipinski definition) is 0. The Balaban J connectivity index is 2.49. The van der Waals surface area contributed by atoms with Gasteiger partial charge in [0.1, 0.15) is 11.5 Å². The second kappa shape index (κ2) is 3.62. The second-order valence-electron chi connectivity index (χ2n) is 3.10. The van der Waals surface area contributed by atoms with E-state index in [0.717, 1.165) is 29.1 Å². The van der Waals surface area contributed by atoms with E-state index in [1.54, 1.807) is 0 Å². The minimum Gasteiger partial charge on any atom is -0.229 e. The summed E-state index contributed by atoms with van der Waals surface area (Å²) < 4.78 is 50.9. The smallest absolute Gasteiger partial charge is 0.229 e. The Morgan fingerprint density at radius 2 is 1.62 bits per heavy atom. The van der Waals surface area contributed by atoms with Gasteiger partial charge in [-0.15, -0.1) is 0 Å². The predicted molar refractivity (Wildman–Crippen MR) is 48.5 cm³/mol. The summed E-state index contributed by atoms with van der Waals surface area (Å²) in [6.45, 7) is 0. The minimum absolute atomic E-state index is 0.165. The number of nitrogens with zero attached hydrogens (tertiary/aromatic N) is 2. The molecule has 0 aliphatic carbocycles. The summed E-state index contributed by atoms with van der Waals surface area (Å²) in [5.41, 5.74) is -0.724. The Morgan fingerprint density at radius 1 is 1.00 bits per heavy atom. The Hall–Kier alpha value is -1.85. The molecule has 2 nitrogen and oxygen atoms in total. The normalized spacial score (nSPS) is 11.8. The summed E-state index contributed by atoms with van der Waals surface area (Å²) in [6, 6.07) is 5.49. The number of hydrogen-bond acceptors (Lipinski definition) is 1. The summed E-state index contributed by atoms with van der Waals surface area (Å²) in [7, 11) is 0. The molecule has 0 aliphatic rings. The summed E-state index contributed by atoms with van der Waals surface area (Å²) in [5.74, 6) is -0.510. The van der Waals surface area contributed by atoms with Crippen molar-refractivity contribution in [3.63, 3.8) is 0 Å². The SMILES string of the molecule is Fc1ccc(-n2nccc2C(F)(F)F)cc1. The molecule has 0 saturated heterocycles. The Bertz CT molecular complexity index is 484. The van der Waals surface area contributed by atoms with Crippen LogP contribution in [0.2, 0.25) is 0 Å². The van der Waals surface area contributed by atoms with E-state index >= 15 is 0 Å². The first kappa shape index (κ1) is 10.7. The van der Waals surface area contributed by atoms with Gasteiger partial charge < -0.3 is 0 Å². The van der Waals surface area contributed by atoms with E-state index in [0.29, 0.717) is 0 Å². The van der Waals surface area contributed by atoms with Gasteiger partial charge in [0, 0.05) is 0 Å². The highest BCUT2D eigenvalue weighted by atomic mass is 19.4. The van der Waals surface area contributed by atoms with Gasteiger partial charge in [-0.2, -0.15) is 18.3 Å². The van der Waals surface area contributed by atoms with Crippen molar-refractivity contribution < 1.29 is 17.6 Å². The molecule has 0 saturated carbocycles. The first-order valence-corrected chi connectivity index (χ1v) is 4.35. The standard InChI is InChI=1S/C10H6F4N2/c11-7-1-3-8(4-2-7)16-9(5-6-15-16)10(12,13)14/h1-6H. The van der Waals surface area contributed by atoms with Crippen molar-refractivity contribution in [2.75, 3.05) is 0 Å². The molecule has 2 rings (SSSR count). The highest BCUT2D eigenvalue weighted by molar-refractivity contribution is 5.33. The van der Waals surface area contributed by atoms with Gasteiger partial charge in [0.15, 0.2) is 0 Å². The Morgan fingerprint density at radius 3 is 2.19 bits per heavy atom. The maximum Gasteiger partial charge on any atom is 0.433 e. The molecule has 1 aromatic carbocycles. The summed E-state index contributed by atoms with van der Waals surface area (Å²) >= 11 is 0. The van der Waals surface area contributed by atoms with Gasteiger partial charge in [-0.05, 0) is 30.3 Å². The molecule has 0 unspecified atom stereocenters. The largest absolute Gasteiger partial charge is 0.433 e. The van der Waals surface area contributed by atoms with Crippen LogP contribution in [0.1, 0.15) is 5.69 Å². The van der Waals surface area contributed by atoms with Crippen LogP contribution < -0.4 is 0 Å². The summed E-state index contributed by atoms with van der Waals surface area (Å²) in [4.78, 5) is 0. The zero-order valence-electron chi connectivity index (χ0n) is 7.87. The monoisotopic (exact) mass is 230 g/mol. The number of aromatic nitrogens is 2. The third-order valence-electron chi connectivity index (χ3n) is 2.00. The fourth-order valence-electron chi connectivity index (χ4n) is 1.31. The van der Waals surface area contributed by atoms with Crippen molar-refractivity contribution in [3.8, 4) is 5.69 Å². The van der Waals surface area contributed by atoms with E-state index in [2.05, 4.69) is 5.10 Å². The van der Waals surface area contributed by atoms with Crippen molar-refractivity contribution in [1.29, 1.82) is 0 Å². The molecule has 0 atom stereocenters. The molecule has 6 heteroatoms. The van der Waals surface area contributed by atoms with Crippen LogP contribution in [0.15, 0.2) is 36.5 Å². The van der Waals surface area contributed by atoms with Crippen molar-refractivity contribution in [2.45, 2.75) is 6.18 Å². The first-order chi connectivity index (χ1) is 7.48. The van der Waals surface area contributed by atoms with Crippen LogP contribution in [0, 0.1) is 5.82 Å². The zero-order valence-corrected chi connectivity index (χ0v) is 7.87. The summed E-state index contributed by atoms with van der Waals surface area (Å²) in [5, 5.41) is 3.56. The molecular weight excluding hydrogens is 224 g/mol. The number of rotatable bonds is 1. The zero-order chi connectivity index (χ0) is 11.8. The number of alkyl halides is 3. The molecule has 2 aromatic rings. The summed E-state index contributed by atoms with van der Waals surface area (Å²) in [6.07, 6.45) is -3.43. The molecule has 1 heterocycles. The van der Waals surface area contributed by atoms with Crippen LogP contribution in [-0.4, -0.2) is 9.78 Å². The maximum atomic E-state index is 12.6. The molecule has 84 valence electrons. The van der Waals surface area contributed by atoms with Gasteiger partial charge >= 0.3 is 6.18 Å². The molecule has 0 bridgehead atoms. The predicted octanol–water partition coefficient (Wildman–Crippen LogP) is 3.03. The third-order valence-corrected chi connectivity index (χ3v) is 2.00. The van der Waals surface area contributed by atoms with E-state index in [-0.39, 0.29) is 5.69 Å². The minimum atomic E-state index is -4.48. The van der Waals surface area contributed by atoms with Crippen LogP contribution >= 0.6 is 0 Å². The third kappa shape index (κ3) is 1.91. The van der Waals surface area contributed by atoms with E-state index in [9.17, 15) is 17.6 Å². The topological polar surface area (TPSA) is 17.8 Å². The van der Waals surface area contributed by atoms with E-state index in [4.69, 9.17) is 0 Å². The molecule has 0 radical (unpaired) electrons. The molecule has 0 amide bonds. The molecule has 0 aliphatic heterocycles. The number of benzene rings is 1. The highest BCUT2D eigenvalue weighted by Crippen LogP contribution is 2.30. The van der Waals surface area contributed by atoms with Crippen molar-refractivity contribution in [3.05, 3.63) is 48.0 Å². The fraction of sp³-hybridized carbons (Fsp3) is 0.100. The van der Waals surface area contributed by atoms with E-state index < -0.39 is 17.7 Å². The Labute approximate surface area is 88.1 Å². The molecule has 0 spiro atoms. The van der Waals surface area contributed by atoms with E-state index in [1.807, 2.05) is 0 Å². The molecule has 16 heavy (non-hydrogen) atoms. The molecular formula is C10H6F4N2. The van der Waals surface area contributed by atoms with Crippen LogP contribution in [-0.2, 0) is 6.18 Å². The lowest BCUT2D eigenvalue weighted by atomic mass is 10.3. The highest BCUT2D eigenvalue weighted by Gasteiger charge is 2.35. The van der Waals surface area contributed by atoms with Gasteiger partial charge in [-0.1, -0.05) is 0 Å². The average Bonchev–Trinajstić information content (AvgIpc) is 2.66. The first-order valence-electron chi connectivity index (χ1n) is 4.35. The number of halogens is 4. The van der Waals surface area contributed by atoms with Crippen molar-refractivity contribution >= 4 is 0 Å². The lowest BCUT2D eigenvalue weighted by molar-refractivity contribution is -0.142. The molecule has 1 aromatic heterocycles. The lowest BCUT2D eigenvalue weighted by Crippen LogP contribution is -2.13. The van der Waals surface area contributed by atoms with Crippen LogP contribution in [0.5, 0.6) is 0 Å². The van der Waals surface area contributed by atoms with Gasteiger partial charge in [0.2, 0.25) is 0 Å². The van der Waals surface area contributed by atoms with Gasteiger partial charge in [-0.25, -0.2) is 9.07 Å². The Kier molecular flexibility index (Phi) is 2.41.